The van der Waals surface area contributed by atoms with Crippen LogP contribution in [0.5, 0.6) is 5.75 Å². The molecule has 25 heavy (non-hydrogen) atoms. The molecule has 1 aliphatic carbocycles. The highest BCUT2D eigenvalue weighted by atomic mass is 16.5. The van der Waals surface area contributed by atoms with Gasteiger partial charge in [-0.15, -0.1) is 0 Å². The van der Waals surface area contributed by atoms with Crippen LogP contribution in [0.15, 0.2) is 78.9 Å². The molecule has 2 aromatic rings. The van der Waals surface area contributed by atoms with Crippen molar-refractivity contribution in [2.75, 3.05) is 6.61 Å². The minimum Gasteiger partial charge on any atom is -0.490 e. The third-order valence-electron chi connectivity index (χ3n) is 5.19. The Hall–Kier alpha value is -2.28. The van der Waals surface area contributed by atoms with E-state index in [2.05, 4.69) is 74.2 Å². The summed E-state index contributed by atoms with van der Waals surface area (Å²) in [7, 11) is 0. The lowest BCUT2D eigenvalue weighted by molar-refractivity contribution is 0.363. The van der Waals surface area contributed by atoms with Gasteiger partial charge < -0.3 is 4.74 Å². The van der Waals surface area contributed by atoms with E-state index in [1.54, 1.807) is 11.6 Å². The van der Waals surface area contributed by atoms with Crippen LogP contribution in [-0.2, 0) is 0 Å². The molecule has 1 heteroatoms. The van der Waals surface area contributed by atoms with Crippen LogP contribution in [-0.4, -0.2) is 6.61 Å². The summed E-state index contributed by atoms with van der Waals surface area (Å²) in [4.78, 5) is 0. The average molecular weight is 332 g/mol. The van der Waals surface area contributed by atoms with Crippen molar-refractivity contribution in [2.24, 2.45) is 5.92 Å². The van der Waals surface area contributed by atoms with Gasteiger partial charge in [-0.2, -0.15) is 0 Å². The van der Waals surface area contributed by atoms with Crippen LogP contribution in [0.4, 0.5) is 0 Å². The zero-order chi connectivity index (χ0) is 17.5. The minimum atomic E-state index is 0.301. The first-order valence-corrected chi connectivity index (χ1v) is 9.35. The van der Waals surface area contributed by atoms with Gasteiger partial charge in [-0.05, 0) is 48.9 Å². The fourth-order valence-corrected chi connectivity index (χ4v) is 3.75. The summed E-state index contributed by atoms with van der Waals surface area (Å²) in [6.45, 7) is 6.56. The van der Waals surface area contributed by atoms with Gasteiger partial charge in [0, 0.05) is 5.92 Å². The molecule has 0 radical (unpaired) electrons. The summed E-state index contributed by atoms with van der Waals surface area (Å²) in [5.41, 5.74) is 4.20. The largest absolute Gasteiger partial charge is 0.490 e. The van der Waals surface area contributed by atoms with E-state index in [1.165, 1.54) is 36.8 Å². The standard InChI is InChI=1S/C24H28O/c1-3-17-25-23-15-13-22(14-16-23)24(21-11-5-4-6-12-21)18-19(2)20-9-7-8-10-20/h3-6,11-16,18,20,24H,1,7-10,17H2,2H3. The fraction of sp³-hybridized carbons (Fsp3) is 0.333. The zero-order valence-electron chi connectivity index (χ0n) is 15.2. The van der Waals surface area contributed by atoms with Crippen LogP contribution >= 0.6 is 0 Å². The third kappa shape index (κ3) is 4.63. The maximum Gasteiger partial charge on any atom is 0.119 e. The topological polar surface area (TPSA) is 9.23 Å². The van der Waals surface area contributed by atoms with Gasteiger partial charge in [0.15, 0.2) is 0 Å². The first-order valence-electron chi connectivity index (χ1n) is 9.35. The summed E-state index contributed by atoms with van der Waals surface area (Å²) in [5, 5.41) is 0. The van der Waals surface area contributed by atoms with Crippen LogP contribution in [0, 0.1) is 5.92 Å². The van der Waals surface area contributed by atoms with E-state index >= 15 is 0 Å². The van der Waals surface area contributed by atoms with Crippen LogP contribution in [0.1, 0.15) is 49.7 Å². The second kappa shape index (κ2) is 8.71. The number of allylic oxidation sites excluding steroid dienone is 2. The first kappa shape index (κ1) is 17.5. The molecule has 1 atom stereocenters. The molecule has 1 nitrogen and oxygen atoms in total. The number of rotatable bonds is 7. The van der Waals surface area contributed by atoms with Crippen molar-refractivity contribution < 1.29 is 4.74 Å². The Morgan fingerprint density at radius 3 is 2.32 bits per heavy atom. The monoisotopic (exact) mass is 332 g/mol. The number of benzene rings is 2. The van der Waals surface area contributed by atoms with Gasteiger partial charge >= 0.3 is 0 Å². The van der Waals surface area contributed by atoms with Crippen molar-refractivity contribution in [1.82, 2.24) is 0 Å². The normalized spacial score (nSPS) is 16.6. The number of hydrogen-bond acceptors (Lipinski definition) is 1. The third-order valence-corrected chi connectivity index (χ3v) is 5.19. The molecule has 0 saturated heterocycles. The Kier molecular flexibility index (Phi) is 6.11. The molecule has 1 fully saturated rings. The second-order valence-corrected chi connectivity index (χ2v) is 6.95. The highest BCUT2D eigenvalue weighted by Gasteiger charge is 2.19. The smallest absolute Gasteiger partial charge is 0.119 e. The number of hydrogen-bond donors (Lipinski definition) is 0. The quantitative estimate of drug-likeness (QED) is 0.524. The van der Waals surface area contributed by atoms with Gasteiger partial charge in [0.2, 0.25) is 0 Å². The van der Waals surface area contributed by atoms with Crippen LogP contribution in [0.3, 0.4) is 0 Å². The second-order valence-electron chi connectivity index (χ2n) is 6.95. The fourth-order valence-electron chi connectivity index (χ4n) is 3.75. The summed E-state index contributed by atoms with van der Waals surface area (Å²) in [6, 6.07) is 19.3. The predicted octanol–water partition coefficient (Wildman–Crippen LogP) is 6.52. The summed E-state index contributed by atoms with van der Waals surface area (Å²) < 4.78 is 5.62. The lowest BCUT2D eigenvalue weighted by atomic mass is 9.86. The van der Waals surface area contributed by atoms with E-state index in [4.69, 9.17) is 4.74 Å². The Labute approximate surface area is 152 Å². The lowest BCUT2D eigenvalue weighted by Crippen LogP contribution is -2.03. The molecule has 2 aromatic carbocycles. The maximum atomic E-state index is 5.62. The molecule has 130 valence electrons. The summed E-state index contributed by atoms with van der Waals surface area (Å²) >= 11 is 0. The molecule has 0 bridgehead atoms. The van der Waals surface area contributed by atoms with Gasteiger partial charge in [-0.25, -0.2) is 0 Å². The molecule has 1 aliphatic rings. The van der Waals surface area contributed by atoms with E-state index in [0.717, 1.165) is 11.7 Å². The van der Waals surface area contributed by atoms with Crippen molar-refractivity contribution in [3.05, 3.63) is 90.0 Å². The molecule has 1 saturated carbocycles. The lowest BCUT2D eigenvalue weighted by Gasteiger charge is -2.18. The van der Waals surface area contributed by atoms with Gasteiger partial charge in [-0.1, -0.05) is 79.6 Å². The Bertz CT molecular complexity index is 691. The van der Waals surface area contributed by atoms with Crippen LogP contribution in [0.2, 0.25) is 0 Å². The van der Waals surface area contributed by atoms with Crippen molar-refractivity contribution in [3.63, 3.8) is 0 Å². The van der Waals surface area contributed by atoms with Crippen molar-refractivity contribution in [2.45, 2.75) is 38.5 Å². The molecular formula is C24H28O. The average Bonchev–Trinajstić information content (AvgIpc) is 3.20. The highest BCUT2D eigenvalue weighted by Crippen LogP contribution is 2.35. The van der Waals surface area contributed by atoms with Gasteiger partial charge in [0.25, 0.3) is 0 Å². The maximum absolute atomic E-state index is 5.62. The van der Waals surface area contributed by atoms with Gasteiger partial charge in [0.05, 0.1) is 0 Å². The Morgan fingerprint density at radius 2 is 1.68 bits per heavy atom. The molecule has 1 unspecified atom stereocenters. The van der Waals surface area contributed by atoms with E-state index in [9.17, 15) is 0 Å². The van der Waals surface area contributed by atoms with E-state index in [-0.39, 0.29) is 0 Å². The van der Waals surface area contributed by atoms with E-state index < -0.39 is 0 Å². The summed E-state index contributed by atoms with van der Waals surface area (Å²) in [5.74, 6) is 1.96. The minimum absolute atomic E-state index is 0.301. The molecule has 3 rings (SSSR count). The van der Waals surface area contributed by atoms with Crippen molar-refractivity contribution >= 4 is 0 Å². The van der Waals surface area contributed by atoms with E-state index in [1.807, 2.05) is 0 Å². The molecule has 0 amide bonds. The Morgan fingerprint density at radius 1 is 1.04 bits per heavy atom. The molecule has 0 spiro atoms. The van der Waals surface area contributed by atoms with Gasteiger partial charge in [0.1, 0.15) is 12.4 Å². The first-order chi connectivity index (χ1) is 12.3. The van der Waals surface area contributed by atoms with Crippen LogP contribution < -0.4 is 4.74 Å². The van der Waals surface area contributed by atoms with Crippen molar-refractivity contribution in [3.8, 4) is 5.75 Å². The SMILES string of the molecule is C=CCOc1ccc(C(C=C(C)C2CCCC2)c2ccccc2)cc1. The molecule has 0 aromatic heterocycles. The number of ether oxygens (including phenoxy) is 1. The Balaban J connectivity index is 1.88. The molecular weight excluding hydrogens is 304 g/mol. The zero-order valence-corrected chi connectivity index (χ0v) is 15.2. The molecule has 0 N–H and O–H groups in total. The molecule has 0 aliphatic heterocycles. The summed E-state index contributed by atoms with van der Waals surface area (Å²) in [6.07, 6.45) is 9.69. The predicted molar refractivity (Wildman–Crippen MR) is 106 cm³/mol. The van der Waals surface area contributed by atoms with Crippen molar-refractivity contribution in [1.29, 1.82) is 0 Å². The molecule has 0 heterocycles. The van der Waals surface area contributed by atoms with Crippen LogP contribution in [0.25, 0.3) is 0 Å². The van der Waals surface area contributed by atoms with Gasteiger partial charge in [-0.3, -0.25) is 0 Å². The highest BCUT2D eigenvalue weighted by molar-refractivity contribution is 5.40. The van der Waals surface area contributed by atoms with E-state index in [0.29, 0.717) is 12.5 Å².